The topological polar surface area (TPSA) is 105 Å². The highest BCUT2D eigenvalue weighted by Gasteiger charge is 2.36. The Bertz CT molecular complexity index is 1920. The van der Waals surface area contributed by atoms with Crippen LogP contribution in [0.5, 0.6) is 11.5 Å². The number of amides is 2. The second-order valence-electron chi connectivity index (χ2n) is 12.7. The minimum atomic E-state index is -4.36. The minimum Gasteiger partial charge on any atom is -0.497 e. The fourth-order valence-electron chi connectivity index (χ4n) is 6.27. The van der Waals surface area contributed by atoms with Crippen LogP contribution >= 0.6 is 23.2 Å². The van der Waals surface area contributed by atoms with Crippen molar-refractivity contribution in [3.63, 3.8) is 0 Å². The van der Waals surface area contributed by atoms with Crippen LogP contribution in [0.3, 0.4) is 0 Å². The smallest absolute Gasteiger partial charge is 0.264 e. The molecule has 4 aromatic carbocycles. The molecule has 1 fully saturated rings. The first-order chi connectivity index (χ1) is 24.5. The summed E-state index contributed by atoms with van der Waals surface area (Å²) in [7, 11) is -1.48. The van der Waals surface area contributed by atoms with Crippen molar-refractivity contribution in [1.82, 2.24) is 10.2 Å². The van der Waals surface area contributed by atoms with E-state index in [2.05, 4.69) is 5.32 Å². The van der Waals surface area contributed by atoms with Crippen molar-refractivity contribution in [3.05, 3.63) is 118 Å². The molecule has 0 aromatic heterocycles. The van der Waals surface area contributed by atoms with E-state index >= 15 is 0 Å². The molecule has 1 saturated carbocycles. The summed E-state index contributed by atoms with van der Waals surface area (Å²) in [6.07, 6.45) is 5.00. The zero-order chi connectivity index (χ0) is 36.5. The lowest BCUT2D eigenvalue weighted by molar-refractivity contribution is -0.140. The zero-order valence-electron chi connectivity index (χ0n) is 29.0. The van der Waals surface area contributed by atoms with Crippen molar-refractivity contribution < 1.29 is 27.5 Å². The van der Waals surface area contributed by atoms with Gasteiger partial charge in [-0.25, -0.2) is 8.42 Å². The molecule has 5 rings (SSSR count). The van der Waals surface area contributed by atoms with E-state index in [1.807, 2.05) is 37.3 Å². The lowest BCUT2D eigenvalue weighted by Crippen LogP contribution is -2.55. The molecule has 0 spiro atoms. The van der Waals surface area contributed by atoms with Gasteiger partial charge in [0.25, 0.3) is 10.0 Å². The standard InChI is InChI=1S/C39H43Cl2N3O6S/c1-27-14-19-33(20-15-27)51(47,48)44(35-24-32(49-2)18-21-37(35)50-3)26-38(45)43(25-29-16-17-30(40)23-34(29)41)36(22-28-10-6-4-7-11-28)39(46)42-31-12-8-5-9-13-31/h4,6-7,10-11,14-21,23-24,31,36H,5,8-9,12-13,22,25-26H2,1-3H3,(H,42,46)/t36-/m0/s1. The number of ether oxygens (including phenoxy) is 2. The van der Waals surface area contributed by atoms with Crippen molar-refractivity contribution >= 4 is 50.7 Å². The molecule has 1 aliphatic carbocycles. The molecule has 0 heterocycles. The van der Waals surface area contributed by atoms with Gasteiger partial charge in [0, 0.05) is 35.1 Å². The van der Waals surface area contributed by atoms with Crippen molar-refractivity contribution in [1.29, 1.82) is 0 Å². The Morgan fingerprint density at radius 3 is 2.24 bits per heavy atom. The Kier molecular flexibility index (Phi) is 12.9. The number of hydrogen-bond donors (Lipinski definition) is 1. The molecule has 2 amide bonds. The first kappa shape index (κ1) is 38.0. The normalized spacial score (nSPS) is 14.0. The maximum absolute atomic E-state index is 14.9. The number of methoxy groups -OCH3 is 2. The number of anilines is 1. The summed E-state index contributed by atoms with van der Waals surface area (Å²) in [5.41, 5.74) is 2.35. The molecule has 9 nitrogen and oxygen atoms in total. The Morgan fingerprint density at radius 2 is 1.59 bits per heavy atom. The van der Waals surface area contributed by atoms with E-state index in [9.17, 15) is 18.0 Å². The highest BCUT2D eigenvalue weighted by Crippen LogP contribution is 2.36. The number of nitrogens with zero attached hydrogens (tertiary/aromatic N) is 2. The lowest BCUT2D eigenvalue weighted by atomic mass is 9.94. The van der Waals surface area contributed by atoms with E-state index in [1.54, 1.807) is 42.5 Å². The maximum atomic E-state index is 14.9. The van der Waals surface area contributed by atoms with Crippen molar-refractivity contribution in [2.45, 2.75) is 69.0 Å². The van der Waals surface area contributed by atoms with Crippen LogP contribution in [0, 0.1) is 6.92 Å². The predicted octanol–water partition coefficient (Wildman–Crippen LogP) is 7.60. The summed E-state index contributed by atoms with van der Waals surface area (Å²) >= 11 is 12.9. The SMILES string of the molecule is COc1ccc(OC)c(N(CC(=O)N(Cc2ccc(Cl)cc2Cl)[C@@H](Cc2ccccc2)C(=O)NC2CCCCC2)S(=O)(=O)c2ccc(C)cc2)c1. The monoisotopic (exact) mass is 751 g/mol. The summed E-state index contributed by atoms with van der Waals surface area (Å²) < 4.78 is 41.1. The number of carbonyl (C=O) groups is 2. The van der Waals surface area contributed by atoms with Gasteiger partial charge in [0.2, 0.25) is 11.8 Å². The molecule has 12 heteroatoms. The average Bonchev–Trinajstić information content (AvgIpc) is 3.13. The lowest BCUT2D eigenvalue weighted by Gasteiger charge is -2.35. The van der Waals surface area contributed by atoms with E-state index in [0.29, 0.717) is 21.4 Å². The molecule has 270 valence electrons. The van der Waals surface area contributed by atoms with E-state index < -0.39 is 28.5 Å². The summed E-state index contributed by atoms with van der Waals surface area (Å²) in [5.74, 6) is -0.374. The van der Waals surface area contributed by atoms with Crippen LogP contribution in [0.15, 0.2) is 95.9 Å². The van der Waals surface area contributed by atoms with Crippen molar-refractivity contribution in [3.8, 4) is 11.5 Å². The molecule has 0 bridgehead atoms. The molecule has 1 N–H and O–H groups in total. The third kappa shape index (κ3) is 9.55. The number of nitrogens with one attached hydrogen (secondary N) is 1. The number of rotatable bonds is 14. The largest absolute Gasteiger partial charge is 0.497 e. The van der Waals surface area contributed by atoms with Gasteiger partial charge >= 0.3 is 0 Å². The first-order valence-electron chi connectivity index (χ1n) is 16.9. The fraction of sp³-hybridized carbons (Fsp3) is 0.333. The molecule has 0 radical (unpaired) electrons. The number of halogens is 2. The molecular weight excluding hydrogens is 709 g/mol. The Balaban J connectivity index is 1.63. The van der Waals surface area contributed by atoms with Gasteiger partial charge in [-0.2, -0.15) is 0 Å². The van der Waals surface area contributed by atoms with Crippen molar-refractivity contribution in [2.24, 2.45) is 0 Å². The maximum Gasteiger partial charge on any atom is 0.264 e. The number of benzene rings is 4. The number of carbonyl (C=O) groups excluding carboxylic acids is 2. The molecule has 0 aliphatic heterocycles. The molecule has 0 unspecified atom stereocenters. The Labute approximate surface area is 310 Å². The van der Waals surface area contributed by atoms with Gasteiger partial charge in [-0.3, -0.25) is 13.9 Å². The molecule has 51 heavy (non-hydrogen) atoms. The van der Waals surface area contributed by atoms with E-state index in [4.69, 9.17) is 32.7 Å². The number of sulfonamides is 1. The van der Waals surface area contributed by atoms with Crippen LogP contribution in [0.25, 0.3) is 0 Å². The van der Waals surface area contributed by atoms with Gasteiger partial charge < -0.3 is 19.7 Å². The van der Waals surface area contributed by atoms with Gasteiger partial charge in [-0.05, 0) is 67.3 Å². The molecular formula is C39H43Cl2N3O6S. The van der Waals surface area contributed by atoms with Crippen LogP contribution < -0.4 is 19.1 Å². The molecule has 4 aromatic rings. The van der Waals surface area contributed by atoms with Gasteiger partial charge in [0.15, 0.2) is 0 Å². The van der Waals surface area contributed by atoms with Gasteiger partial charge in [-0.1, -0.05) is 96.6 Å². The third-order valence-corrected chi connectivity index (χ3v) is 11.5. The first-order valence-corrected chi connectivity index (χ1v) is 19.1. The fourth-order valence-corrected chi connectivity index (χ4v) is 8.16. The van der Waals surface area contributed by atoms with E-state index in [0.717, 1.165) is 47.5 Å². The van der Waals surface area contributed by atoms with Crippen LogP contribution in [-0.4, -0.2) is 58.0 Å². The quantitative estimate of drug-likeness (QED) is 0.142. The second-order valence-corrected chi connectivity index (χ2v) is 15.4. The average molecular weight is 753 g/mol. The Morgan fingerprint density at radius 1 is 0.882 bits per heavy atom. The minimum absolute atomic E-state index is 0.0195. The highest BCUT2D eigenvalue weighted by molar-refractivity contribution is 7.92. The second kappa shape index (κ2) is 17.3. The summed E-state index contributed by atoms with van der Waals surface area (Å²) in [4.78, 5) is 30.7. The van der Waals surface area contributed by atoms with Crippen molar-refractivity contribution in [2.75, 3.05) is 25.1 Å². The summed E-state index contributed by atoms with van der Waals surface area (Å²) in [6, 6.07) is 24.4. The molecule has 1 aliphatic rings. The van der Waals surface area contributed by atoms with Gasteiger partial charge in [-0.15, -0.1) is 0 Å². The number of aryl methyl sites for hydroxylation is 1. The van der Waals surface area contributed by atoms with Crippen LogP contribution in [0.1, 0.15) is 48.8 Å². The molecule has 0 saturated heterocycles. The highest BCUT2D eigenvalue weighted by atomic mass is 35.5. The van der Waals surface area contributed by atoms with E-state index in [-0.39, 0.29) is 41.2 Å². The summed E-state index contributed by atoms with van der Waals surface area (Å²) in [5, 5.41) is 3.93. The molecule has 1 atom stereocenters. The van der Waals surface area contributed by atoms with Crippen LogP contribution in [0.2, 0.25) is 10.0 Å². The predicted molar refractivity (Wildman–Crippen MR) is 201 cm³/mol. The number of hydrogen-bond acceptors (Lipinski definition) is 6. The third-order valence-electron chi connectivity index (χ3n) is 9.12. The van der Waals surface area contributed by atoms with E-state index in [1.165, 1.54) is 37.3 Å². The van der Waals surface area contributed by atoms with Crippen LogP contribution in [0.4, 0.5) is 5.69 Å². The zero-order valence-corrected chi connectivity index (χ0v) is 31.3. The summed E-state index contributed by atoms with van der Waals surface area (Å²) in [6.45, 7) is 1.11. The van der Waals surface area contributed by atoms with Gasteiger partial charge in [0.1, 0.15) is 24.1 Å². The Hall–Kier alpha value is -4.25. The van der Waals surface area contributed by atoms with Crippen LogP contribution in [-0.2, 0) is 32.6 Å². The van der Waals surface area contributed by atoms with Gasteiger partial charge in [0.05, 0.1) is 24.8 Å².